The maximum atomic E-state index is 13.0. The van der Waals surface area contributed by atoms with Crippen LogP contribution in [0.3, 0.4) is 0 Å². The Bertz CT molecular complexity index is 789. The quantitative estimate of drug-likeness (QED) is 0.641. The predicted octanol–water partition coefficient (Wildman–Crippen LogP) is 2.61. The molecule has 6 nitrogen and oxygen atoms in total. The molecule has 1 fully saturated rings. The van der Waals surface area contributed by atoms with E-state index in [4.69, 9.17) is 14.2 Å². The standard InChI is InChI=1S/C23H27NO5/c1-27-22(26)23(16-19-8-4-2-5-9-19,29-18-20-10-6-3-7-11-20)17-21(25)24-12-14-28-15-13-24/h2-11H,12-18H2,1H3/t23-/m0/s1. The Balaban J connectivity index is 1.86. The summed E-state index contributed by atoms with van der Waals surface area (Å²) in [5.41, 5.74) is 0.426. The lowest BCUT2D eigenvalue weighted by molar-refractivity contribution is -0.177. The van der Waals surface area contributed by atoms with Crippen molar-refractivity contribution in [2.45, 2.75) is 25.0 Å². The molecule has 0 saturated carbocycles. The molecule has 2 aromatic carbocycles. The minimum absolute atomic E-state index is 0.0819. The molecule has 1 heterocycles. The van der Waals surface area contributed by atoms with Crippen LogP contribution in [0.2, 0.25) is 0 Å². The SMILES string of the molecule is COC(=O)[C@@](CC(=O)N1CCOCC1)(Cc1ccccc1)OCc1ccccc1. The van der Waals surface area contributed by atoms with E-state index in [0.717, 1.165) is 11.1 Å². The summed E-state index contributed by atoms with van der Waals surface area (Å²) in [6.07, 6.45) is 0.171. The minimum atomic E-state index is -1.40. The number of rotatable bonds is 8. The number of amides is 1. The number of esters is 1. The largest absolute Gasteiger partial charge is 0.467 e. The van der Waals surface area contributed by atoms with Gasteiger partial charge >= 0.3 is 5.97 Å². The van der Waals surface area contributed by atoms with Crippen molar-refractivity contribution in [2.24, 2.45) is 0 Å². The van der Waals surface area contributed by atoms with Crippen LogP contribution in [0.15, 0.2) is 60.7 Å². The second-order valence-corrected chi connectivity index (χ2v) is 7.09. The normalized spacial score (nSPS) is 16.1. The number of carbonyl (C=O) groups is 2. The van der Waals surface area contributed by atoms with Gasteiger partial charge in [-0.3, -0.25) is 4.79 Å². The molecule has 0 aromatic heterocycles. The summed E-state index contributed by atoms with van der Waals surface area (Å²) in [4.78, 5) is 27.7. The number of benzene rings is 2. The molecule has 1 aliphatic heterocycles. The molecule has 2 aromatic rings. The zero-order chi connectivity index (χ0) is 20.5. The van der Waals surface area contributed by atoms with Gasteiger partial charge in [0.25, 0.3) is 0 Å². The van der Waals surface area contributed by atoms with Gasteiger partial charge in [-0.1, -0.05) is 60.7 Å². The van der Waals surface area contributed by atoms with Crippen LogP contribution >= 0.6 is 0 Å². The van der Waals surface area contributed by atoms with Gasteiger partial charge < -0.3 is 19.1 Å². The first kappa shape index (κ1) is 21.0. The van der Waals surface area contributed by atoms with Crippen molar-refractivity contribution in [2.75, 3.05) is 33.4 Å². The van der Waals surface area contributed by atoms with Gasteiger partial charge in [-0.15, -0.1) is 0 Å². The Morgan fingerprint density at radius 3 is 2.14 bits per heavy atom. The van der Waals surface area contributed by atoms with Crippen molar-refractivity contribution < 1.29 is 23.8 Å². The van der Waals surface area contributed by atoms with Crippen LogP contribution in [0.4, 0.5) is 0 Å². The Labute approximate surface area is 171 Å². The second-order valence-electron chi connectivity index (χ2n) is 7.09. The van der Waals surface area contributed by atoms with Crippen molar-refractivity contribution in [1.82, 2.24) is 4.90 Å². The van der Waals surface area contributed by atoms with Gasteiger partial charge in [-0.25, -0.2) is 4.79 Å². The molecule has 154 valence electrons. The Hall–Kier alpha value is -2.70. The summed E-state index contributed by atoms with van der Waals surface area (Å²) in [5.74, 6) is -0.679. The molecule has 0 bridgehead atoms. The topological polar surface area (TPSA) is 65.1 Å². The molecule has 1 saturated heterocycles. The summed E-state index contributed by atoms with van der Waals surface area (Å²) < 4.78 is 16.6. The van der Waals surface area contributed by atoms with Gasteiger partial charge in [0.15, 0.2) is 5.60 Å². The number of methoxy groups -OCH3 is 1. The molecule has 0 spiro atoms. The van der Waals surface area contributed by atoms with E-state index >= 15 is 0 Å². The molecule has 6 heteroatoms. The maximum Gasteiger partial charge on any atom is 0.339 e. The first-order chi connectivity index (χ1) is 14.1. The van der Waals surface area contributed by atoms with E-state index in [2.05, 4.69) is 0 Å². The van der Waals surface area contributed by atoms with Gasteiger partial charge in [0.05, 0.1) is 33.4 Å². The van der Waals surface area contributed by atoms with Crippen molar-refractivity contribution in [3.8, 4) is 0 Å². The molecule has 0 radical (unpaired) electrons. The predicted molar refractivity (Wildman–Crippen MR) is 108 cm³/mol. The summed E-state index contributed by atoms with van der Waals surface area (Å²) in [5, 5.41) is 0. The average Bonchev–Trinajstić information content (AvgIpc) is 2.79. The Morgan fingerprint density at radius 2 is 1.55 bits per heavy atom. The highest BCUT2D eigenvalue weighted by molar-refractivity contribution is 5.88. The van der Waals surface area contributed by atoms with E-state index in [0.29, 0.717) is 26.3 Å². The van der Waals surface area contributed by atoms with Crippen molar-refractivity contribution >= 4 is 11.9 Å². The third-order valence-electron chi connectivity index (χ3n) is 5.05. The summed E-state index contributed by atoms with van der Waals surface area (Å²) in [6, 6.07) is 19.1. The minimum Gasteiger partial charge on any atom is -0.467 e. The fraction of sp³-hybridized carbons (Fsp3) is 0.391. The van der Waals surface area contributed by atoms with E-state index in [9.17, 15) is 9.59 Å². The molecule has 0 aliphatic carbocycles. The molecule has 3 rings (SSSR count). The summed E-state index contributed by atoms with van der Waals surface area (Å²) in [7, 11) is 1.33. The van der Waals surface area contributed by atoms with E-state index in [1.165, 1.54) is 7.11 Å². The fourth-order valence-corrected chi connectivity index (χ4v) is 3.44. The number of hydrogen-bond acceptors (Lipinski definition) is 5. The highest BCUT2D eigenvalue weighted by atomic mass is 16.6. The first-order valence-corrected chi connectivity index (χ1v) is 9.79. The van der Waals surface area contributed by atoms with Crippen LogP contribution in [0, 0.1) is 0 Å². The van der Waals surface area contributed by atoms with Crippen LogP contribution in [-0.2, 0) is 36.8 Å². The molecule has 1 amide bonds. The van der Waals surface area contributed by atoms with Gasteiger partial charge in [-0.05, 0) is 11.1 Å². The second kappa shape index (κ2) is 10.2. The maximum absolute atomic E-state index is 13.0. The van der Waals surface area contributed by atoms with E-state index in [1.807, 2.05) is 60.7 Å². The van der Waals surface area contributed by atoms with Crippen LogP contribution in [0.1, 0.15) is 17.5 Å². The van der Waals surface area contributed by atoms with Crippen LogP contribution in [0.5, 0.6) is 0 Å². The molecular formula is C23H27NO5. The van der Waals surface area contributed by atoms with E-state index in [1.54, 1.807) is 4.90 Å². The smallest absolute Gasteiger partial charge is 0.339 e. The average molecular weight is 397 g/mol. The highest BCUT2D eigenvalue weighted by Crippen LogP contribution is 2.27. The Kier molecular flexibility index (Phi) is 7.38. The van der Waals surface area contributed by atoms with Gasteiger partial charge in [0.2, 0.25) is 5.91 Å². The third-order valence-corrected chi connectivity index (χ3v) is 5.05. The van der Waals surface area contributed by atoms with Crippen LogP contribution in [-0.4, -0.2) is 55.8 Å². The van der Waals surface area contributed by atoms with Crippen molar-refractivity contribution in [1.29, 1.82) is 0 Å². The zero-order valence-electron chi connectivity index (χ0n) is 16.7. The Morgan fingerprint density at radius 1 is 0.966 bits per heavy atom. The van der Waals surface area contributed by atoms with Crippen LogP contribution in [0.25, 0.3) is 0 Å². The lowest BCUT2D eigenvalue weighted by Crippen LogP contribution is -2.50. The lowest BCUT2D eigenvalue weighted by atomic mass is 9.90. The molecule has 1 aliphatic rings. The molecule has 0 unspecified atom stereocenters. The zero-order valence-corrected chi connectivity index (χ0v) is 16.7. The number of nitrogens with zero attached hydrogens (tertiary/aromatic N) is 1. The summed E-state index contributed by atoms with van der Waals surface area (Å²) >= 11 is 0. The number of carbonyl (C=O) groups excluding carboxylic acids is 2. The third kappa shape index (κ3) is 5.65. The molecule has 0 N–H and O–H groups in total. The number of hydrogen-bond donors (Lipinski definition) is 0. The molecular weight excluding hydrogens is 370 g/mol. The van der Waals surface area contributed by atoms with Gasteiger partial charge in [0.1, 0.15) is 0 Å². The molecule has 29 heavy (non-hydrogen) atoms. The summed E-state index contributed by atoms with van der Waals surface area (Å²) in [6.45, 7) is 2.24. The molecule has 1 atom stereocenters. The van der Waals surface area contributed by atoms with Crippen molar-refractivity contribution in [3.63, 3.8) is 0 Å². The number of morpholine rings is 1. The van der Waals surface area contributed by atoms with Crippen LogP contribution < -0.4 is 0 Å². The van der Waals surface area contributed by atoms with E-state index < -0.39 is 11.6 Å². The van der Waals surface area contributed by atoms with Gasteiger partial charge in [-0.2, -0.15) is 0 Å². The fourth-order valence-electron chi connectivity index (χ4n) is 3.44. The van der Waals surface area contributed by atoms with Crippen molar-refractivity contribution in [3.05, 3.63) is 71.8 Å². The first-order valence-electron chi connectivity index (χ1n) is 9.79. The van der Waals surface area contributed by atoms with E-state index in [-0.39, 0.29) is 25.4 Å². The number of ether oxygens (including phenoxy) is 3. The lowest BCUT2D eigenvalue weighted by Gasteiger charge is -2.34. The highest BCUT2D eigenvalue weighted by Gasteiger charge is 2.44. The van der Waals surface area contributed by atoms with Gasteiger partial charge in [0, 0.05) is 19.5 Å². The monoisotopic (exact) mass is 397 g/mol.